The van der Waals surface area contributed by atoms with Gasteiger partial charge in [0, 0.05) is 14.7 Å². The summed E-state index contributed by atoms with van der Waals surface area (Å²) in [5.41, 5.74) is -5.69. The molecule has 0 atom stereocenters. The molecular formula is C19H13F5O3S2. The Morgan fingerprint density at radius 3 is 1.38 bits per heavy atom. The number of rotatable bonds is 5. The van der Waals surface area contributed by atoms with E-state index in [2.05, 4.69) is 0 Å². The van der Waals surface area contributed by atoms with Gasteiger partial charge in [-0.15, -0.1) is 0 Å². The van der Waals surface area contributed by atoms with Gasteiger partial charge in [-0.25, -0.2) is 8.78 Å². The molecule has 3 aromatic carbocycles. The second kappa shape index (κ2) is 7.77. The first kappa shape index (κ1) is 21.3. The Kier molecular flexibility index (Phi) is 5.70. The first-order valence-electron chi connectivity index (χ1n) is 7.98. The Balaban J connectivity index is 2.39. The molecule has 0 heterocycles. The molecule has 0 fully saturated rings. The lowest BCUT2D eigenvalue weighted by molar-refractivity contribution is -0.0496. The number of halogens is 5. The first-order valence-corrected chi connectivity index (χ1v) is 10.9. The van der Waals surface area contributed by atoms with Crippen LogP contribution in [0.25, 0.3) is 0 Å². The van der Waals surface area contributed by atoms with Gasteiger partial charge in [0.2, 0.25) is 0 Å². The average molecular weight is 448 g/mol. The Labute approximate surface area is 165 Å². The van der Waals surface area contributed by atoms with Gasteiger partial charge in [0.15, 0.2) is 0 Å². The Bertz CT molecular complexity index is 1040. The van der Waals surface area contributed by atoms with Crippen molar-refractivity contribution in [2.75, 3.05) is 0 Å². The van der Waals surface area contributed by atoms with Crippen molar-refractivity contribution in [3.8, 4) is 0 Å². The van der Waals surface area contributed by atoms with Crippen LogP contribution < -0.4 is 0 Å². The summed E-state index contributed by atoms with van der Waals surface area (Å²) in [5.74, 6) is -1.35. The van der Waals surface area contributed by atoms with Crippen LogP contribution in [0.5, 0.6) is 0 Å². The van der Waals surface area contributed by atoms with Gasteiger partial charge in [-0.05, 0) is 71.0 Å². The minimum atomic E-state index is -6.07. The molecule has 10 heteroatoms. The van der Waals surface area contributed by atoms with Gasteiger partial charge in [-0.1, -0.05) is 18.2 Å². The van der Waals surface area contributed by atoms with Crippen LogP contribution >= 0.6 is 10.3 Å². The zero-order chi connectivity index (χ0) is 21.3. The van der Waals surface area contributed by atoms with Crippen LogP contribution in [-0.4, -0.2) is 13.9 Å². The normalized spacial score (nSPS) is 13.3. The van der Waals surface area contributed by atoms with E-state index in [1.54, 1.807) is 6.07 Å². The van der Waals surface area contributed by atoms with Gasteiger partial charge >= 0.3 is 15.6 Å². The third kappa shape index (κ3) is 4.14. The van der Waals surface area contributed by atoms with Crippen molar-refractivity contribution in [1.29, 1.82) is 0 Å². The maximum Gasteiger partial charge on any atom is 0.524 e. The Morgan fingerprint density at radius 2 is 1.00 bits per heavy atom. The molecule has 0 aliphatic rings. The fourth-order valence-electron chi connectivity index (χ4n) is 2.56. The zero-order valence-electron chi connectivity index (χ0n) is 14.4. The fraction of sp³-hybridized carbons (Fsp3) is 0.0526. The lowest BCUT2D eigenvalue weighted by Gasteiger charge is -2.39. The average Bonchev–Trinajstić information content (AvgIpc) is 2.67. The van der Waals surface area contributed by atoms with E-state index in [9.17, 15) is 30.4 Å². The number of hydrogen-bond donors (Lipinski definition) is 0. The molecule has 0 aliphatic heterocycles. The van der Waals surface area contributed by atoms with Crippen LogP contribution in [0.2, 0.25) is 0 Å². The molecule has 0 saturated heterocycles. The molecule has 0 radical (unpaired) electrons. The molecule has 0 aliphatic carbocycles. The van der Waals surface area contributed by atoms with Crippen LogP contribution in [-0.2, 0) is 13.7 Å². The van der Waals surface area contributed by atoms with E-state index in [1.807, 2.05) is 0 Å². The number of alkyl halides is 3. The van der Waals surface area contributed by atoms with Crippen LogP contribution in [0.15, 0.2) is 93.5 Å². The third-order valence-electron chi connectivity index (χ3n) is 3.84. The van der Waals surface area contributed by atoms with Crippen molar-refractivity contribution in [3.63, 3.8) is 0 Å². The molecule has 0 saturated carbocycles. The van der Waals surface area contributed by atoms with E-state index < -0.39 is 37.6 Å². The zero-order valence-corrected chi connectivity index (χ0v) is 16.1. The van der Waals surface area contributed by atoms with Crippen molar-refractivity contribution < 1.29 is 34.0 Å². The summed E-state index contributed by atoms with van der Waals surface area (Å²) in [6, 6.07) is 15.9. The standard InChI is InChI=1S/C19H13F5O3S2/c20-14-6-10-17(11-7-14)28(16-4-2-1-3-5-16,18-12-8-15(21)9-13-18)27-29(25,26)19(22,23)24/h1-13H. The number of benzene rings is 3. The van der Waals surface area contributed by atoms with E-state index >= 15 is 0 Å². The predicted molar refractivity (Wildman–Crippen MR) is 97.7 cm³/mol. The van der Waals surface area contributed by atoms with E-state index in [0.717, 1.165) is 48.5 Å². The first-order chi connectivity index (χ1) is 13.6. The van der Waals surface area contributed by atoms with Crippen LogP contribution in [0.4, 0.5) is 22.0 Å². The van der Waals surface area contributed by atoms with Crippen LogP contribution in [0.1, 0.15) is 0 Å². The fourth-order valence-corrected chi connectivity index (χ4v) is 7.29. The monoisotopic (exact) mass is 448 g/mol. The van der Waals surface area contributed by atoms with Crippen molar-refractivity contribution in [3.05, 3.63) is 90.5 Å². The Morgan fingerprint density at radius 1 is 0.621 bits per heavy atom. The molecular weight excluding hydrogens is 435 g/mol. The quantitative estimate of drug-likeness (QED) is 0.354. The molecule has 3 rings (SSSR count). The lowest BCUT2D eigenvalue weighted by atomic mass is 10.3. The summed E-state index contributed by atoms with van der Waals surface area (Å²) in [7, 11) is -9.62. The topological polar surface area (TPSA) is 43.4 Å². The van der Waals surface area contributed by atoms with Gasteiger partial charge in [0.05, 0.1) is 0 Å². The van der Waals surface area contributed by atoms with Gasteiger partial charge in [0.1, 0.15) is 11.6 Å². The molecule has 0 unspecified atom stereocenters. The molecule has 0 amide bonds. The maximum absolute atomic E-state index is 13.5. The minimum absolute atomic E-state index is 0.00969. The van der Waals surface area contributed by atoms with E-state index in [0.29, 0.717) is 0 Å². The predicted octanol–water partition coefficient (Wildman–Crippen LogP) is 6.03. The lowest BCUT2D eigenvalue weighted by Crippen LogP contribution is -2.27. The van der Waals surface area contributed by atoms with E-state index in [-0.39, 0.29) is 14.7 Å². The molecule has 3 nitrogen and oxygen atoms in total. The SMILES string of the molecule is O=S(=O)(OS(c1ccccc1)(c1ccc(F)cc1)c1ccc(F)cc1)C(F)(F)F. The van der Waals surface area contributed by atoms with Crippen molar-refractivity contribution in [1.82, 2.24) is 0 Å². The van der Waals surface area contributed by atoms with E-state index in [1.165, 1.54) is 24.3 Å². The van der Waals surface area contributed by atoms with Crippen molar-refractivity contribution in [2.24, 2.45) is 0 Å². The summed E-state index contributed by atoms with van der Waals surface area (Å²) in [5, 5.41) is 0. The third-order valence-corrected chi connectivity index (χ3v) is 8.75. The highest BCUT2D eigenvalue weighted by atomic mass is 32.3. The summed E-state index contributed by atoms with van der Waals surface area (Å²) < 4.78 is 95.6. The molecule has 0 spiro atoms. The van der Waals surface area contributed by atoms with Crippen LogP contribution in [0, 0.1) is 11.6 Å². The molecule has 29 heavy (non-hydrogen) atoms. The highest BCUT2D eigenvalue weighted by Gasteiger charge is 2.52. The summed E-state index contributed by atoms with van der Waals surface area (Å²) in [4.78, 5) is 0.0834. The second-order valence-electron chi connectivity index (χ2n) is 5.74. The van der Waals surface area contributed by atoms with Gasteiger partial charge in [-0.2, -0.15) is 25.2 Å². The molecule has 0 bridgehead atoms. The Hall–Kier alpha value is -2.43. The molecule has 3 aromatic rings. The highest BCUT2D eigenvalue weighted by Crippen LogP contribution is 2.70. The molecule has 154 valence electrons. The highest BCUT2D eigenvalue weighted by molar-refractivity contribution is 8.33. The largest absolute Gasteiger partial charge is 0.524 e. The van der Waals surface area contributed by atoms with Crippen LogP contribution in [0.3, 0.4) is 0 Å². The van der Waals surface area contributed by atoms with Crippen molar-refractivity contribution in [2.45, 2.75) is 20.2 Å². The van der Waals surface area contributed by atoms with Crippen molar-refractivity contribution >= 4 is 20.4 Å². The smallest absolute Gasteiger partial charge is 0.207 e. The van der Waals surface area contributed by atoms with Gasteiger partial charge in [-0.3, -0.25) is 0 Å². The minimum Gasteiger partial charge on any atom is -0.207 e. The molecule has 0 N–H and O–H groups in total. The summed E-state index contributed by atoms with van der Waals surface area (Å²) in [6.45, 7) is 0. The molecule has 0 aromatic heterocycles. The summed E-state index contributed by atoms with van der Waals surface area (Å²) in [6.07, 6.45) is 0. The second-order valence-corrected chi connectivity index (χ2v) is 10.2. The van der Waals surface area contributed by atoms with Gasteiger partial charge in [0.25, 0.3) is 0 Å². The van der Waals surface area contributed by atoms with E-state index in [4.69, 9.17) is 3.63 Å². The maximum atomic E-state index is 13.5. The summed E-state index contributed by atoms with van der Waals surface area (Å²) >= 11 is 0. The number of hydrogen-bond acceptors (Lipinski definition) is 3. The van der Waals surface area contributed by atoms with Gasteiger partial charge < -0.3 is 0 Å².